The molecule has 2 heterocycles. The molecule has 224 valence electrons. The lowest BCUT2D eigenvalue weighted by Gasteiger charge is -2.15. The highest BCUT2D eigenvalue weighted by Crippen LogP contribution is 2.40. The van der Waals surface area contributed by atoms with Crippen LogP contribution in [0, 0.1) is 0 Å². The summed E-state index contributed by atoms with van der Waals surface area (Å²) in [6.07, 6.45) is 5.54. The minimum Gasteiger partial charge on any atom is -0.265 e. The average molecular weight is 611 g/mol. The number of rotatable bonds is 5. The van der Waals surface area contributed by atoms with Gasteiger partial charge >= 0.3 is 0 Å². The van der Waals surface area contributed by atoms with Crippen LogP contribution in [-0.4, -0.2) is 9.97 Å². The van der Waals surface area contributed by atoms with Crippen LogP contribution >= 0.6 is 0 Å². The predicted molar refractivity (Wildman–Crippen MR) is 202 cm³/mol. The smallest absolute Gasteiger partial charge is 0.0702 e. The summed E-state index contributed by atoms with van der Waals surface area (Å²) in [6, 6.07) is 59.1. The molecule has 0 amide bonds. The molecular formula is C46H30N2. The molecule has 0 atom stereocenters. The van der Waals surface area contributed by atoms with Gasteiger partial charge in [-0.2, -0.15) is 0 Å². The lowest BCUT2D eigenvalue weighted by atomic mass is 9.89. The van der Waals surface area contributed by atoms with Gasteiger partial charge in [0.05, 0.1) is 5.69 Å². The Balaban J connectivity index is 1.19. The largest absolute Gasteiger partial charge is 0.265 e. The Morgan fingerprint density at radius 2 is 0.792 bits per heavy atom. The van der Waals surface area contributed by atoms with Crippen molar-refractivity contribution in [2.75, 3.05) is 0 Å². The maximum atomic E-state index is 4.67. The number of benzene rings is 7. The van der Waals surface area contributed by atoms with Gasteiger partial charge in [0.25, 0.3) is 0 Å². The standard InChI is InChI=1S/C46H30N2/c1-2-13-39(34-19-20-44-42-16-4-3-14-40(42)41-15-5-6-17-43(41)45(44)30-34)38(12-1)33-11-9-10-32(26-33)36-27-35(31-21-24-47-25-22-31)28-37(29-36)46-18-7-8-23-48-46/h1-30H. The normalized spacial score (nSPS) is 11.3. The minimum absolute atomic E-state index is 0.952. The first-order valence-electron chi connectivity index (χ1n) is 16.3. The van der Waals surface area contributed by atoms with E-state index in [1.165, 1.54) is 54.6 Å². The van der Waals surface area contributed by atoms with E-state index >= 15 is 0 Å². The lowest BCUT2D eigenvalue weighted by molar-refractivity contribution is 1.32. The summed E-state index contributed by atoms with van der Waals surface area (Å²) in [5, 5.41) is 7.72. The predicted octanol–water partition coefficient (Wildman–Crippen LogP) is 12.3. The number of fused-ring (bicyclic) bond motifs is 6. The second-order valence-electron chi connectivity index (χ2n) is 12.2. The van der Waals surface area contributed by atoms with E-state index in [9.17, 15) is 0 Å². The van der Waals surface area contributed by atoms with Crippen molar-refractivity contribution in [1.29, 1.82) is 0 Å². The second kappa shape index (κ2) is 11.8. The maximum absolute atomic E-state index is 4.67. The first kappa shape index (κ1) is 27.9. The van der Waals surface area contributed by atoms with E-state index < -0.39 is 0 Å². The molecule has 0 unspecified atom stereocenters. The minimum atomic E-state index is 0.952. The van der Waals surface area contributed by atoms with Crippen molar-refractivity contribution in [3.8, 4) is 55.8 Å². The van der Waals surface area contributed by atoms with Gasteiger partial charge in [0, 0.05) is 24.2 Å². The first-order chi connectivity index (χ1) is 23.8. The van der Waals surface area contributed by atoms with E-state index in [4.69, 9.17) is 0 Å². The van der Waals surface area contributed by atoms with Gasteiger partial charge in [0.2, 0.25) is 0 Å². The summed E-state index contributed by atoms with van der Waals surface area (Å²) >= 11 is 0. The van der Waals surface area contributed by atoms with E-state index in [-0.39, 0.29) is 0 Å². The van der Waals surface area contributed by atoms with Gasteiger partial charge in [0.15, 0.2) is 0 Å². The molecule has 0 saturated heterocycles. The van der Waals surface area contributed by atoms with Crippen LogP contribution in [0.4, 0.5) is 0 Å². The number of pyridine rings is 2. The van der Waals surface area contributed by atoms with Crippen LogP contribution in [0.2, 0.25) is 0 Å². The van der Waals surface area contributed by atoms with E-state index in [1.54, 1.807) is 0 Å². The molecule has 0 radical (unpaired) electrons. The summed E-state index contributed by atoms with van der Waals surface area (Å²) in [5.74, 6) is 0. The fraction of sp³-hybridized carbons (Fsp3) is 0. The zero-order chi connectivity index (χ0) is 31.9. The Morgan fingerprint density at radius 3 is 1.46 bits per heavy atom. The van der Waals surface area contributed by atoms with Gasteiger partial charge in [-0.3, -0.25) is 9.97 Å². The van der Waals surface area contributed by atoms with E-state index in [0.717, 1.165) is 33.5 Å². The van der Waals surface area contributed by atoms with Crippen LogP contribution < -0.4 is 0 Å². The van der Waals surface area contributed by atoms with Crippen LogP contribution in [0.25, 0.3) is 88.1 Å². The molecule has 0 bridgehead atoms. The topological polar surface area (TPSA) is 25.8 Å². The highest BCUT2D eigenvalue weighted by atomic mass is 14.7. The Hall–Kier alpha value is -6.38. The monoisotopic (exact) mass is 610 g/mol. The summed E-state index contributed by atoms with van der Waals surface area (Å²) in [5.41, 5.74) is 11.4. The molecule has 2 aromatic heterocycles. The fourth-order valence-electron chi connectivity index (χ4n) is 7.11. The summed E-state index contributed by atoms with van der Waals surface area (Å²) < 4.78 is 0. The molecule has 9 rings (SSSR count). The van der Waals surface area contributed by atoms with Gasteiger partial charge in [-0.25, -0.2) is 0 Å². The molecular weight excluding hydrogens is 581 g/mol. The average Bonchev–Trinajstić information content (AvgIpc) is 3.18. The fourth-order valence-corrected chi connectivity index (χ4v) is 7.11. The molecule has 7 aromatic carbocycles. The van der Waals surface area contributed by atoms with Crippen molar-refractivity contribution in [2.45, 2.75) is 0 Å². The number of nitrogens with zero attached hydrogens (tertiary/aromatic N) is 2. The van der Waals surface area contributed by atoms with Crippen molar-refractivity contribution in [3.63, 3.8) is 0 Å². The molecule has 0 spiro atoms. The van der Waals surface area contributed by atoms with Crippen LogP contribution in [0.15, 0.2) is 182 Å². The first-order valence-corrected chi connectivity index (χ1v) is 16.3. The van der Waals surface area contributed by atoms with Crippen LogP contribution in [0.3, 0.4) is 0 Å². The highest BCUT2D eigenvalue weighted by molar-refractivity contribution is 6.25. The third kappa shape index (κ3) is 4.92. The molecule has 9 aromatic rings. The van der Waals surface area contributed by atoms with Gasteiger partial charge in [-0.05, 0) is 131 Å². The quantitative estimate of drug-likeness (QED) is 0.181. The third-order valence-electron chi connectivity index (χ3n) is 9.40. The SMILES string of the molecule is c1ccc(-c2cc(-c3ccncc3)cc(-c3cccc(-c4ccccc4-c4ccc5c6ccccc6c6ccccc6c5c4)c3)c2)nc1. The Kier molecular flexibility index (Phi) is 6.84. The van der Waals surface area contributed by atoms with Crippen molar-refractivity contribution >= 4 is 32.3 Å². The van der Waals surface area contributed by atoms with Crippen LogP contribution in [-0.2, 0) is 0 Å². The van der Waals surface area contributed by atoms with Crippen LogP contribution in [0.5, 0.6) is 0 Å². The van der Waals surface area contributed by atoms with Crippen molar-refractivity contribution in [2.24, 2.45) is 0 Å². The van der Waals surface area contributed by atoms with Crippen molar-refractivity contribution in [3.05, 3.63) is 182 Å². The lowest BCUT2D eigenvalue weighted by Crippen LogP contribution is -1.90. The molecule has 0 N–H and O–H groups in total. The van der Waals surface area contributed by atoms with E-state index in [2.05, 4.69) is 162 Å². The molecule has 0 aliphatic rings. The van der Waals surface area contributed by atoms with E-state index in [1.807, 2.05) is 30.7 Å². The van der Waals surface area contributed by atoms with Crippen molar-refractivity contribution < 1.29 is 0 Å². The molecule has 2 nitrogen and oxygen atoms in total. The maximum Gasteiger partial charge on any atom is 0.0702 e. The number of hydrogen-bond acceptors (Lipinski definition) is 2. The third-order valence-corrected chi connectivity index (χ3v) is 9.40. The molecule has 48 heavy (non-hydrogen) atoms. The molecule has 0 fully saturated rings. The Labute approximate surface area is 279 Å². The number of aromatic nitrogens is 2. The number of hydrogen-bond donors (Lipinski definition) is 0. The second-order valence-corrected chi connectivity index (χ2v) is 12.2. The summed E-state index contributed by atoms with van der Waals surface area (Å²) in [6.45, 7) is 0. The molecule has 0 saturated carbocycles. The molecule has 0 aliphatic carbocycles. The zero-order valence-corrected chi connectivity index (χ0v) is 26.2. The van der Waals surface area contributed by atoms with Gasteiger partial charge < -0.3 is 0 Å². The van der Waals surface area contributed by atoms with Gasteiger partial charge in [0.1, 0.15) is 0 Å². The Bertz CT molecular complexity index is 2510. The van der Waals surface area contributed by atoms with Gasteiger partial charge in [-0.15, -0.1) is 0 Å². The van der Waals surface area contributed by atoms with E-state index in [0.29, 0.717) is 0 Å². The summed E-state index contributed by atoms with van der Waals surface area (Å²) in [4.78, 5) is 8.92. The molecule has 0 aliphatic heterocycles. The van der Waals surface area contributed by atoms with Gasteiger partial charge in [-0.1, -0.05) is 109 Å². The summed E-state index contributed by atoms with van der Waals surface area (Å²) in [7, 11) is 0. The van der Waals surface area contributed by atoms with Crippen LogP contribution in [0.1, 0.15) is 0 Å². The zero-order valence-electron chi connectivity index (χ0n) is 26.2. The Morgan fingerprint density at radius 1 is 0.271 bits per heavy atom. The highest BCUT2D eigenvalue weighted by Gasteiger charge is 2.14. The molecule has 2 heteroatoms. The van der Waals surface area contributed by atoms with Crippen molar-refractivity contribution in [1.82, 2.24) is 9.97 Å².